The molecule has 0 bridgehead atoms. The molecule has 0 unspecified atom stereocenters. The molecule has 1 amide bonds. The highest BCUT2D eigenvalue weighted by Gasteiger charge is 2.33. The summed E-state index contributed by atoms with van der Waals surface area (Å²) in [6, 6.07) is 2.95. The largest absolute Gasteiger partial charge is 0.453 e. The van der Waals surface area contributed by atoms with Gasteiger partial charge in [-0.25, -0.2) is 0 Å². The topological polar surface area (TPSA) is 55.4 Å². The summed E-state index contributed by atoms with van der Waals surface area (Å²) in [5.41, 5.74) is -1.15. The van der Waals surface area contributed by atoms with Gasteiger partial charge in [-0.15, -0.1) is 0 Å². The molecule has 0 saturated carbocycles. The van der Waals surface area contributed by atoms with Crippen LogP contribution < -0.4 is 5.32 Å². The zero-order chi connectivity index (χ0) is 15.5. The minimum absolute atomic E-state index is 0.0919. The summed E-state index contributed by atoms with van der Waals surface area (Å²) in [5.74, 6) is -1.41. The van der Waals surface area contributed by atoms with Gasteiger partial charge in [0.15, 0.2) is 6.10 Å². The van der Waals surface area contributed by atoms with Gasteiger partial charge in [0, 0.05) is 12.6 Å². The Morgan fingerprint density at radius 2 is 1.95 bits per heavy atom. The van der Waals surface area contributed by atoms with Crippen molar-refractivity contribution in [3.63, 3.8) is 0 Å². The second-order valence-corrected chi connectivity index (χ2v) is 4.34. The van der Waals surface area contributed by atoms with Crippen molar-refractivity contribution in [3.8, 4) is 0 Å². The van der Waals surface area contributed by atoms with Gasteiger partial charge >= 0.3 is 12.1 Å². The Morgan fingerprint density at radius 3 is 2.45 bits per heavy atom. The predicted octanol–water partition coefficient (Wildman–Crippen LogP) is 3.25. The first-order valence-electron chi connectivity index (χ1n) is 5.46. The molecule has 0 heterocycles. The Morgan fingerprint density at radius 1 is 1.35 bits per heavy atom. The van der Waals surface area contributed by atoms with Gasteiger partial charge < -0.3 is 10.1 Å². The lowest BCUT2D eigenvalue weighted by atomic mass is 10.2. The van der Waals surface area contributed by atoms with E-state index in [0.717, 1.165) is 13.0 Å². The molecule has 1 atom stereocenters. The third-order valence-electron chi connectivity index (χ3n) is 2.25. The van der Waals surface area contributed by atoms with E-state index in [0.29, 0.717) is 6.07 Å². The molecule has 0 aromatic heterocycles. The van der Waals surface area contributed by atoms with E-state index in [1.165, 1.54) is 13.0 Å². The molecule has 1 N–H and O–H groups in total. The summed E-state index contributed by atoms with van der Waals surface area (Å²) in [4.78, 5) is 22.3. The summed E-state index contributed by atoms with van der Waals surface area (Å²) < 4.78 is 42.5. The first kappa shape index (κ1) is 16.3. The van der Waals surface area contributed by atoms with Crippen LogP contribution in [-0.2, 0) is 20.5 Å². The lowest BCUT2D eigenvalue weighted by Crippen LogP contribution is -2.29. The Labute approximate surface area is 117 Å². The predicted molar refractivity (Wildman–Crippen MR) is 66.3 cm³/mol. The number of benzene rings is 1. The number of carbonyl (C=O) groups is 2. The molecule has 0 radical (unpaired) electrons. The van der Waals surface area contributed by atoms with E-state index in [4.69, 9.17) is 11.6 Å². The molecule has 0 saturated heterocycles. The molecule has 1 aromatic rings. The van der Waals surface area contributed by atoms with Gasteiger partial charge in [-0.2, -0.15) is 13.2 Å². The summed E-state index contributed by atoms with van der Waals surface area (Å²) in [7, 11) is 0. The van der Waals surface area contributed by atoms with Crippen LogP contribution in [0.1, 0.15) is 19.4 Å². The fourth-order valence-corrected chi connectivity index (χ4v) is 1.59. The summed E-state index contributed by atoms with van der Waals surface area (Å²) in [6.45, 7) is 2.42. The van der Waals surface area contributed by atoms with Crippen LogP contribution >= 0.6 is 11.6 Å². The summed E-state index contributed by atoms with van der Waals surface area (Å²) in [5, 5.41) is 1.74. The molecule has 8 heteroatoms. The van der Waals surface area contributed by atoms with E-state index in [1.807, 2.05) is 0 Å². The van der Waals surface area contributed by atoms with E-state index >= 15 is 0 Å². The van der Waals surface area contributed by atoms with Gasteiger partial charge in [-0.05, 0) is 25.1 Å². The summed E-state index contributed by atoms with van der Waals surface area (Å²) in [6.07, 6.45) is -5.74. The molecule has 0 spiro atoms. The van der Waals surface area contributed by atoms with Crippen molar-refractivity contribution in [1.82, 2.24) is 0 Å². The minimum Gasteiger partial charge on any atom is -0.453 e. The molecule has 110 valence electrons. The first-order valence-corrected chi connectivity index (χ1v) is 5.84. The molecular formula is C12H11ClF3NO3. The van der Waals surface area contributed by atoms with Crippen molar-refractivity contribution in [2.45, 2.75) is 26.1 Å². The van der Waals surface area contributed by atoms with Crippen LogP contribution in [0.5, 0.6) is 0 Å². The number of hydrogen-bond acceptors (Lipinski definition) is 3. The highest BCUT2D eigenvalue weighted by Crippen LogP contribution is 2.36. The molecule has 0 aliphatic heterocycles. The number of alkyl halides is 3. The van der Waals surface area contributed by atoms with Crippen LogP contribution in [-0.4, -0.2) is 18.0 Å². The van der Waals surface area contributed by atoms with Crippen LogP contribution in [0.2, 0.25) is 5.02 Å². The molecule has 4 nitrogen and oxygen atoms in total. The number of halogens is 4. The number of rotatable bonds is 3. The average Bonchev–Trinajstić information content (AvgIpc) is 2.29. The van der Waals surface area contributed by atoms with Crippen LogP contribution in [0.4, 0.5) is 18.9 Å². The van der Waals surface area contributed by atoms with Gasteiger partial charge in [0.2, 0.25) is 0 Å². The fourth-order valence-electron chi connectivity index (χ4n) is 1.37. The van der Waals surface area contributed by atoms with Crippen LogP contribution in [0.3, 0.4) is 0 Å². The van der Waals surface area contributed by atoms with E-state index in [1.54, 1.807) is 0 Å². The highest BCUT2D eigenvalue weighted by molar-refractivity contribution is 6.31. The SMILES string of the molecule is CC(=O)O[C@H](C)C(=O)Nc1ccc(Cl)c(C(F)(F)F)c1. The van der Waals surface area contributed by atoms with Gasteiger partial charge in [0.1, 0.15) is 0 Å². The Kier molecular flexibility index (Phi) is 4.99. The molecule has 0 fully saturated rings. The van der Waals surface area contributed by atoms with Gasteiger partial charge in [0.05, 0.1) is 10.6 Å². The third kappa shape index (κ3) is 4.41. The van der Waals surface area contributed by atoms with E-state index in [9.17, 15) is 22.8 Å². The van der Waals surface area contributed by atoms with Crippen molar-refractivity contribution in [2.75, 3.05) is 5.32 Å². The summed E-state index contributed by atoms with van der Waals surface area (Å²) >= 11 is 5.45. The number of ether oxygens (including phenoxy) is 1. The average molecular weight is 310 g/mol. The van der Waals surface area contributed by atoms with E-state index in [-0.39, 0.29) is 5.69 Å². The second-order valence-electron chi connectivity index (χ2n) is 3.93. The maximum Gasteiger partial charge on any atom is 0.417 e. The molecule has 1 aromatic carbocycles. The quantitative estimate of drug-likeness (QED) is 0.872. The van der Waals surface area contributed by atoms with Crippen molar-refractivity contribution in [1.29, 1.82) is 0 Å². The van der Waals surface area contributed by atoms with E-state index in [2.05, 4.69) is 10.1 Å². The molecule has 0 aliphatic carbocycles. The lowest BCUT2D eigenvalue weighted by Gasteiger charge is -2.14. The lowest BCUT2D eigenvalue weighted by molar-refractivity contribution is -0.150. The zero-order valence-electron chi connectivity index (χ0n) is 10.5. The van der Waals surface area contributed by atoms with Gasteiger partial charge in [-0.1, -0.05) is 11.6 Å². The number of nitrogens with one attached hydrogen (secondary N) is 1. The Balaban J connectivity index is 2.89. The maximum absolute atomic E-state index is 12.6. The third-order valence-corrected chi connectivity index (χ3v) is 2.58. The normalized spacial score (nSPS) is 12.7. The number of anilines is 1. The number of amides is 1. The standard InChI is InChI=1S/C12H11ClF3NO3/c1-6(20-7(2)18)11(19)17-8-3-4-10(13)9(5-8)12(14,15)16/h3-6H,1-2H3,(H,17,19)/t6-/m1/s1. The number of esters is 1. The minimum atomic E-state index is -4.63. The van der Waals surface area contributed by atoms with Crippen LogP contribution in [0.25, 0.3) is 0 Å². The molecule has 0 aliphatic rings. The second kappa shape index (κ2) is 6.13. The van der Waals surface area contributed by atoms with Crippen molar-refractivity contribution < 1.29 is 27.5 Å². The maximum atomic E-state index is 12.6. The van der Waals surface area contributed by atoms with Crippen molar-refractivity contribution in [3.05, 3.63) is 28.8 Å². The number of hydrogen-bond donors (Lipinski definition) is 1. The monoisotopic (exact) mass is 309 g/mol. The van der Waals surface area contributed by atoms with Crippen molar-refractivity contribution in [2.24, 2.45) is 0 Å². The van der Waals surface area contributed by atoms with Crippen LogP contribution in [0, 0.1) is 0 Å². The molecule has 20 heavy (non-hydrogen) atoms. The zero-order valence-corrected chi connectivity index (χ0v) is 11.3. The fraction of sp³-hybridized carbons (Fsp3) is 0.333. The molecular weight excluding hydrogens is 299 g/mol. The smallest absolute Gasteiger partial charge is 0.417 e. The van der Waals surface area contributed by atoms with Gasteiger partial charge in [-0.3, -0.25) is 9.59 Å². The number of carbonyl (C=O) groups excluding carboxylic acids is 2. The highest BCUT2D eigenvalue weighted by atomic mass is 35.5. The molecule has 1 rings (SSSR count). The van der Waals surface area contributed by atoms with Crippen LogP contribution in [0.15, 0.2) is 18.2 Å². The van der Waals surface area contributed by atoms with Crippen molar-refractivity contribution >= 4 is 29.2 Å². The van der Waals surface area contributed by atoms with Gasteiger partial charge in [0.25, 0.3) is 5.91 Å². The Hall–Kier alpha value is -1.76. The first-order chi connectivity index (χ1) is 9.11. The van der Waals surface area contributed by atoms with E-state index < -0.39 is 34.7 Å². The Bertz CT molecular complexity index is 531.